The first kappa shape index (κ1) is 22.6. The number of aryl methyl sites for hydroxylation is 1. The molecule has 0 aromatic heterocycles. The molecule has 2 saturated heterocycles. The molecule has 3 aliphatic rings. The van der Waals surface area contributed by atoms with Gasteiger partial charge in [-0.3, -0.25) is 14.5 Å². The predicted octanol–water partition coefficient (Wildman–Crippen LogP) is 1.52. The Morgan fingerprint density at radius 2 is 1.97 bits per heavy atom. The van der Waals surface area contributed by atoms with Crippen LogP contribution in [0.3, 0.4) is 0 Å². The van der Waals surface area contributed by atoms with Gasteiger partial charge in [0.15, 0.2) is 0 Å². The molecule has 0 radical (unpaired) electrons. The number of nitrogens with one attached hydrogen (secondary N) is 3. The smallest absolute Gasteiger partial charge is 0.237 e. The van der Waals surface area contributed by atoms with Crippen molar-refractivity contribution < 1.29 is 14.7 Å². The quantitative estimate of drug-likeness (QED) is 0.548. The molecule has 6 atom stereocenters. The monoisotopic (exact) mass is 446 g/mol. The van der Waals surface area contributed by atoms with Gasteiger partial charge in [0.1, 0.15) is 6.23 Å². The van der Waals surface area contributed by atoms with E-state index in [1.807, 2.05) is 11.0 Å². The summed E-state index contributed by atoms with van der Waals surface area (Å²) in [6, 6.07) is 7.28. The third kappa shape index (κ3) is 4.77. The molecular formula is C23H34N4O3S. The Bertz CT molecular complexity index is 807. The van der Waals surface area contributed by atoms with Crippen LogP contribution in [0.25, 0.3) is 0 Å². The van der Waals surface area contributed by atoms with Crippen LogP contribution < -0.4 is 16.0 Å². The van der Waals surface area contributed by atoms with Crippen LogP contribution in [-0.2, 0) is 16.0 Å². The summed E-state index contributed by atoms with van der Waals surface area (Å²) in [6.07, 6.45) is 4.47. The summed E-state index contributed by atoms with van der Waals surface area (Å²) in [6.45, 7) is 1.80. The number of fused-ring (bicyclic) bond motifs is 2. The molecule has 4 N–H and O–H groups in total. The van der Waals surface area contributed by atoms with Crippen LogP contribution >= 0.6 is 11.8 Å². The summed E-state index contributed by atoms with van der Waals surface area (Å²) < 4.78 is 0. The molecule has 4 rings (SSSR count). The maximum Gasteiger partial charge on any atom is 0.237 e. The van der Waals surface area contributed by atoms with Crippen LogP contribution in [-0.4, -0.2) is 64.3 Å². The highest BCUT2D eigenvalue weighted by atomic mass is 32.2. The van der Waals surface area contributed by atoms with Gasteiger partial charge in [0.2, 0.25) is 11.8 Å². The van der Waals surface area contributed by atoms with Gasteiger partial charge in [-0.2, -0.15) is 0 Å². The van der Waals surface area contributed by atoms with Crippen molar-refractivity contribution in [2.75, 3.05) is 12.8 Å². The minimum atomic E-state index is -0.870. The zero-order valence-corrected chi connectivity index (χ0v) is 19.2. The second-order valence-electron chi connectivity index (χ2n) is 8.85. The SMILES string of the molecule is CN[C@@H](C)C(=O)N[C@H]1CCS[C@H]2CC[C@H](C(=O)N[C@@H]3CCCc4ccccc43)N2C1O. The molecule has 7 nitrogen and oxygen atoms in total. The minimum Gasteiger partial charge on any atom is -0.376 e. The summed E-state index contributed by atoms with van der Waals surface area (Å²) in [7, 11) is 1.74. The molecule has 2 aliphatic heterocycles. The average molecular weight is 447 g/mol. The second-order valence-corrected chi connectivity index (χ2v) is 10.1. The summed E-state index contributed by atoms with van der Waals surface area (Å²) in [5.74, 6) is 0.704. The van der Waals surface area contributed by atoms with E-state index in [9.17, 15) is 14.7 Å². The first-order valence-corrected chi connectivity index (χ1v) is 12.5. The van der Waals surface area contributed by atoms with Crippen LogP contribution in [0, 0.1) is 0 Å². The lowest BCUT2D eigenvalue weighted by atomic mass is 9.87. The molecule has 1 aliphatic carbocycles. The van der Waals surface area contributed by atoms with E-state index in [-0.39, 0.29) is 41.4 Å². The lowest BCUT2D eigenvalue weighted by Crippen LogP contribution is -2.58. The number of likely N-dealkylation sites (N-methyl/N-ethyl adjacent to an activating group) is 1. The van der Waals surface area contributed by atoms with Gasteiger partial charge < -0.3 is 21.1 Å². The molecule has 0 spiro atoms. The zero-order valence-electron chi connectivity index (χ0n) is 18.3. The van der Waals surface area contributed by atoms with Gasteiger partial charge >= 0.3 is 0 Å². The van der Waals surface area contributed by atoms with E-state index in [1.165, 1.54) is 11.1 Å². The number of hydrogen-bond acceptors (Lipinski definition) is 6. The predicted molar refractivity (Wildman–Crippen MR) is 122 cm³/mol. The maximum absolute atomic E-state index is 13.3. The third-order valence-electron chi connectivity index (χ3n) is 6.93. The molecular weight excluding hydrogens is 412 g/mol. The van der Waals surface area contributed by atoms with E-state index >= 15 is 0 Å². The highest BCUT2D eigenvalue weighted by molar-refractivity contribution is 7.99. The maximum atomic E-state index is 13.3. The number of aliphatic hydroxyl groups is 1. The number of carbonyl (C=O) groups excluding carboxylic acids is 2. The standard InChI is InChI=1S/C23H34N4O3S/c1-14(24-2)21(28)26-18-12-13-31-20-11-10-19(27(20)23(18)30)22(29)25-17-9-5-7-15-6-3-4-8-16(15)17/h3-4,6,8,14,17-20,23-24,30H,5,7,9-13H2,1-2H3,(H,25,29)(H,26,28)/t14-,17+,18-,19+,20-,23?/m0/s1. The molecule has 1 unspecified atom stereocenters. The topological polar surface area (TPSA) is 93.7 Å². The molecule has 31 heavy (non-hydrogen) atoms. The van der Waals surface area contributed by atoms with Crippen molar-refractivity contribution in [3.8, 4) is 0 Å². The summed E-state index contributed by atoms with van der Waals surface area (Å²) in [4.78, 5) is 27.7. The van der Waals surface area contributed by atoms with Crippen LogP contribution in [0.1, 0.15) is 56.2 Å². The highest BCUT2D eigenvalue weighted by Gasteiger charge is 2.46. The third-order valence-corrected chi connectivity index (χ3v) is 8.26. The molecule has 2 heterocycles. The van der Waals surface area contributed by atoms with Crippen LogP contribution in [0.15, 0.2) is 24.3 Å². The first-order valence-electron chi connectivity index (χ1n) is 11.4. The number of carbonyl (C=O) groups is 2. The van der Waals surface area contributed by atoms with Gasteiger partial charge in [-0.25, -0.2) is 0 Å². The molecule has 1 aromatic carbocycles. The van der Waals surface area contributed by atoms with Gasteiger partial charge in [-0.05, 0) is 69.4 Å². The molecule has 170 valence electrons. The van der Waals surface area contributed by atoms with Crippen molar-refractivity contribution in [2.45, 2.75) is 81.2 Å². The van der Waals surface area contributed by atoms with E-state index in [1.54, 1.807) is 25.7 Å². The summed E-state index contributed by atoms with van der Waals surface area (Å²) in [5.41, 5.74) is 2.53. The summed E-state index contributed by atoms with van der Waals surface area (Å²) >= 11 is 1.78. The Morgan fingerprint density at radius 1 is 1.16 bits per heavy atom. The number of aliphatic hydroxyl groups excluding tert-OH is 1. The lowest BCUT2D eigenvalue weighted by molar-refractivity contribution is -0.133. The average Bonchev–Trinajstić information content (AvgIpc) is 3.15. The largest absolute Gasteiger partial charge is 0.376 e. The normalized spacial score (nSPS) is 31.8. The highest BCUT2D eigenvalue weighted by Crippen LogP contribution is 2.38. The number of amides is 2. The Labute approximate surface area is 188 Å². The number of thioether (sulfide) groups is 1. The molecule has 2 amide bonds. The second kappa shape index (κ2) is 9.90. The van der Waals surface area contributed by atoms with E-state index < -0.39 is 6.23 Å². The van der Waals surface area contributed by atoms with Crippen LogP contribution in [0.2, 0.25) is 0 Å². The summed E-state index contributed by atoms with van der Waals surface area (Å²) in [5, 5.41) is 20.5. The van der Waals surface area contributed by atoms with E-state index in [0.717, 1.165) is 37.9 Å². The van der Waals surface area contributed by atoms with E-state index in [4.69, 9.17) is 0 Å². The Hall–Kier alpha value is -1.61. The molecule has 2 fully saturated rings. The fraction of sp³-hybridized carbons (Fsp3) is 0.652. The number of nitrogens with zero attached hydrogens (tertiary/aromatic N) is 1. The van der Waals surface area contributed by atoms with Crippen molar-refractivity contribution in [3.63, 3.8) is 0 Å². The van der Waals surface area contributed by atoms with Gasteiger partial charge in [0.05, 0.1) is 29.5 Å². The molecule has 8 heteroatoms. The van der Waals surface area contributed by atoms with Crippen molar-refractivity contribution in [1.82, 2.24) is 20.9 Å². The van der Waals surface area contributed by atoms with Gasteiger partial charge in [-0.15, -0.1) is 11.8 Å². The van der Waals surface area contributed by atoms with Crippen molar-refractivity contribution in [2.24, 2.45) is 0 Å². The first-order chi connectivity index (χ1) is 15.0. The fourth-order valence-electron chi connectivity index (χ4n) is 5.04. The van der Waals surface area contributed by atoms with Crippen LogP contribution in [0.4, 0.5) is 0 Å². The molecule has 1 aromatic rings. The van der Waals surface area contributed by atoms with E-state index in [0.29, 0.717) is 6.42 Å². The molecule has 0 bridgehead atoms. The van der Waals surface area contributed by atoms with Crippen molar-refractivity contribution in [3.05, 3.63) is 35.4 Å². The van der Waals surface area contributed by atoms with E-state index in [2.05, 4.69) is 34.1 Å². The van der Waals surface area contributed by atoms with Crippen LogP contribution in [0.5, 0.6) is 0 Å². The Kier molecular flexibility index (Phi) is 7.21. The number of hydrogen-bond donors (Lipinski definition) is 4. The van der Waals surface area contributed by atoms with Crippen molar-refractivity contribution in [1.29, 1.82) is 0 Å². The van der Waals surface area contributed by atoms with Gasteiger partial charge in [-0.1, -0.05) is 24.3 Å². The zero-order chi connectivity index (χ0) is 22.0. The Balaban J connectivity index is 1.47. The number of benzene rings is 1. The van der Waals surface area contributed by atoms with Gasteiger partial charge in [0.25, 0.3) is 0 Å². The minimum absolute atomic E-state index is 0.0144. The number of rotatable bonds is 5. The van der Waals surface area contributed by atoms with Gasteiger partial charge in [0, 0.05) is 0 Å². The Morgan fingerprint density at radius 3 is 2.77 bits per heavy atom. The lowest BCUT2D eigenvalue weighted by Gasteiger charge is -2.36. The fourth-order valence-corrected chi connectivity index (χ4v) is 6.44. The molecule has 0 saturated carbocycles. The van der Waals surface area contributed by atoms with Crippen molar-refractivity contribution >= 4 is 23.6 Å².